The first-order valence-corrected chi connectivity index (χ1v) is 25.9. The molecule has 0 saturated heterocycles. The molecule has 3 N–H and O–H groups in total. The fraction of sp³-hybridized carbons (Fsp3) is 0.667. The van der Waals surface area contributed by atoms with Crippen LogP contribution in [0.4, 0.5) is 0 Å². The van der Waals surface area contributed by atoms with Crippen LogP contribution < -0.4 is 10.6 Å². The van der Waals surface area contributed by atoms with Crippen molar-refractivity contribution in [3.63, 3.8) is 0 Å². The third kappa shape index (κ3) is 21.2. The van der Waals surface area contributed by atoms with Gasteiger partial charge in [-0.25, -0.2) is 4.79 Å². The number of carbonyl (C=O) groups is 6. The Morgan fingerprint density at radius 3 is 1.73 bits per heavy atom. The lowest BCUT2D eigenvalue weighted by molar-refractivity contribution is -0.159. The monoisotopic (exact) mass is 935 g/mol. The molecule has 66 heavy (non-hydrogen) atoms. The van der Waals surface area contributed by atoms with Crippen LogP contribution in [0.3, 0.4) is 0 Å². The number of hydrogen-bond donors (Lipinski definition) is 3. The van der Waals surface area contributed by atoms with Gasteiger partial charge in [0.05, 0.1) is 12.3 Å². The van der Waals surface area contributed by atoms with E-state index in [1.807, 2.05) is 48.2 Å². The zero-order valence-electron chi connectivity index (χ0n) is 41.5. The van der Waals surface area contributed by atoms with Crippen LogP contribution in [0.1, 0.15) is 188 Å². The molecular formula is C54H82N2O9S. The van der Waals surface area contributed by atoms with E-state index in [4.69, 9.17) is 9.47 Å². The average Bonchev–Trinajstić information content (AvgIpc) is 3.56. The highest BCUT2D eigenvalue weighted by molar-refractivity contribution is 7.99. The van der Waals surface area contributed by atoms with E-state index in [0.29, 0.717) is 50.9 Å². The van der Waals surface area contributed by atoms with Crippen molar-refractivity contribution in [2.75, 3.05) is 18.1 Å². The van der Waals surface area contributed by atoms with Gasteiger partial charge in [0, 0.05) is 37.6 Å². The Kier molecular flexibility index (Phi) is 24.6. The largest absolute Gasteiger partial charge is 0.481 e. The molecule has 1 aliphatic rings. The van der Waals surface area contributed by atoms with E-state index >= 15 is 0 Å². The number of benzene rings is 2. The van der Waals surface area contributed by atoms with Crippen LogP contribution in [0.2, 0.25) is 0 Å². The smallest absolute Gasteiger partial charge is 0.329 e. The number of ketones is 1. The summed E-state index contributed by atoms with van der Waals surface area (Å²) < 4.78 is 11.2. The minimum Gasteiger partial charge on any atom is -0.481 e. The van der Waals surface area contributed by atoms with E-state index in [1.54, 1.807) is 20.8 Å². The van der Waals surface area contributed by atoms with Gasteiger partial charge in [0.1, 0.15) is 24.0 Å². The van der Waals surface area contributed by atoms with Crippen LogP contribution in [0, 0.1) is 17.3 Å². The van der Waals surface area contributed by atoms with Crippen molar-refractivity contribution in [2.45, 2.75) is 195 Å². The van der Waals surface area contributed by atoms with Crippen molar-refractivity contribution >= 4 is 47.3 Å². The van der Waals surface area contributed by atoms with Crippen molar-refractivity contribution in [1.29, 1.82) is 0 Å². The molecule has 0 aliphatic heterocycles. The van der Waals surface area contributed by atoms with E-state index in [2.05, 4.69) is 57.4 Å². The summed E-state index contributed by atoms with van der Waals surface area (Å²) >= 11 is 1.94. The van der Waals surface area contributed by atoms with Crippen molar-refractivity contribution in [3.05, 3.63) is 59.7 Å². The second-order valence-corrected chi connectivity index (χ2v) is 21.8. The van der Waals surface area contributed by atoms with E-state index < -0.39 is 35.5 Å². The molecule has 0 bridgehead atoms. The first-order chi connectivity index (χ1) is 31.3. The molecule has 0 heterocycles. The molecule has 368 valence electrons. The maximum atomic E-state index is 13.0. The number of aliphatic carboxylic acids is 1. The zero-order chi connectivity index (χ0) is 48.7. The fourth-order valence-corrected chi connectivity index (χ4v) is 9.83. The molecule has 3 unspecified atom stereocenters. The van der Waals surface area contributed by atoms with Gasteiger partial charge in [-0.2, -0.15) is 11.8 Å². The lowest BCUT2D eigenvalue weighted by atomic mass is 9.80. The first-order valence-electron chi connectivity index (χ1n) is 24.7. The molecule has 0 spiro atoms. The summed E-state index contributed by atoms with van der Waals surface area (Å²) in [5.41, 5.74) is 3.72. The number of esters is 2. The third-order valence-corrected chi connectivity index (χ3v) is 13.3. The van der Waals surface area contributed by atoms with E-state index in [-0.39, 0.29) is 67.3 Å². The number of ether oxygens (including phenoxy) is 2. The first kappa shape index (κ1) is 56.1. The number of carbonyl (C=O) groups excluding carboxylic acids is 5. The van der Waals surface area contributed by atoms with E-state index in [1.165, 1.54) is 6.42 Å². The van der Waals surface area contributed by atoms with Crippen LogP contribution >= 0.6 is 11.8 Å². The van der Waals surface area contributed by atoms with Gasteiger partial charge in [-0.1, -0.05) is 122 Å². The van der Waals surface area contributed by atoms with Crippen LogP contribution in [-0.2, 0) is 38.2 Å². The number of nitrogens with one attached hydrogen (secondary N) is 2. The molecule has 2 aromatic rings. The van der Waals surface area contributed by atoms with Crippen LogP contribution in [0.25, 0.3) is 11.1 Å². The number of unbranched alkanes of at least 4 members (excludes halogenated alkanes) is 8. The summed E-state index contributed by atoms with van der Waals surface area (Å²) in [6.07, 6.45) is 11.3. The Balaban J connectivity index is 1.26. The summed E-state index contributed by atoms with van der Waals surface area (Å²) in [5.74, 6) is -0.696. The van der Waals surface area contributed by atoms with Crippen molar-refractivity contribution in [2.24, 2.45) is 17.3 Å². The minimum atomic E-state index is -1.05. The number of Topliss-reactive ketones (excluding diaryl/α,β-unsaturated/α-hetero) is 1. The van der Waals surface area contributed by atoms with Gasteiger partial charge < -0.3 is 25.2 Å². The molecule has 1 aliphatic carbocycles. The molecule has 0 aromatic heterocycles. The van der Waals surface area contributed by atoms with Crippen molar-refractivity contribution in [3.8, 4) is 11.1 Å². The quantitative estimate of drug-likeness (QED) is 0.0475. The second-order valence-electron chi connectivity index (χ2n) is 20.6. The number of fused-ring (bicyclic) bond motifs is 3. The van der Waals surface area contributed by atoms with Gasteiger partial charge in [0.2, 0.25) is 11.8 Å². The molecule has 2 aromatic carbocycles. The number of rotatable bonds is 32. The lowest BCUT2D eigenvalue weighted by Crippen LogP contribution is -2.47. The average molecular weight is 935 g/mol. The van der Waals surface area contributed by atoms with Gasteiger partial charge >= 0.3 is 17.9 Å². The summed E-state index contributed by atoms with van der Waals surface area (Å²) in [6, 6.07) is 15.3. The zero-order valence-corrected chi connectivity index (χ0v) is 42.3. The molecule has 0 fully saturated rings. The topological polar surface area (TPSA) is 165 Å². The number of hydrogen-bond acceptors (Lipinski definition) is 9. The minimum absolute atomic E-state index is 0.0420. The maximum absolute atomic E-state index is 13.0. The molecular weight excluding hydrogens is 853 g/mol. The summed E-state index contributed by atoms with van der Waals surface area (Å²) in [6.45, 7) is 16.3. The fourth-order valence-electron chi connectivity index (χ4n) is 8.81. The van der Waals surface area contributed by atoms with E-state index in [0.717, 1.165) is 72.3 Å². The Bertz CT molecular complexity index is 1800. The van der Waals surface area contributed by atoms with Crippen LogP contribution in [0.5, 0.6) is 0 Å². The molecule has 3 atom stereocenters. The van der Waals surface area contributed by atoms with Gasteiger partial charge in [-0.05, 0) is 111 Å². The predicted molar refractivity (Wildman–Crippen MR) is 265 cm³/mol. The summed E-state index contributed by atoms with van der Waals surface area (Å²) in [7, 11) is 0. The highest BCUT2D eigenvalue weighted by Gasteiger charge is 2.31. The number of carboxylic acid groups (broad SMARTS) is 1. The van der Waals surface area contributed by atoms with Crippen LogP contribution in [-0.4, -0.2) is 76.4 Å². The molecule has 3 rings (SSSR count). The van der Waals surface area contributed by atoms with Crippen molar-refractivity contribution < 1.29 is 43.3 Å². The number of thioether (sulfide) groups is 1. The predicted octanol–water partition coefficient (Wildman–Crippen LogP) is 11.4. The number of amides is 2. The highest BCUT2D eigenvalue weighted by Crippen LogP contribution is 2.44. The van der Waals surface area contributed by atoms with Crippen LogP contribution in [0.15, 0.2) is 48.5 Å². The van der Waals surface area contributed by atoms with Gasteiger partial charge in [-0.3, -0.25) is 24.0 Å². The Morgan fingerprint density at radius 2 is 1.17 bits per heavy atom. The van der Waals surface area contributed by atoms with Crippen molar-refractivity contribution in [1.82, 2.24) is 10.6 Å². The SMILES string of the molecule is CC(C)C(NC(=O)CCCCCCCSCCCCCC(=O)NC(CCC(=O)CCCCCC(CC(=O)OCC1c2ccccc2-c2ccccc21)C(=O)O)C(=O)OC(C)(C)C)C(C)(C)C. The van der Waals surface area contributed by atoms with Gasteiger partial charge in [0.15, 0.2) is 0 Å². The molecule has 11 nitrogen and oxygen atoms in total. The standard InChI is InChI=1S/C54H82N2O9S/c1-38(2)50(53(3,4)5)56-48(59)31-16-10-9-11-22-34-66-35-23-13-17-30-47(58)55-46(52(63)65-54(6,7)8)33-32-40(57)25-15-12-14-24-39(51(61)62)36-49(60)64-37-45-43-28-20-18-26-41(43)42-27-19-21-29-44(42)45/h18-21,26-29,38-39,45-46,50H,9-17,22-25,30-37H2,1-8H3,(H,55,58)(H,56,59)(H,61,62). The molecule has 2 amide bonds. The van der Waals surface area contributed by atoms with E-state index in [9.17, 15) is 33.9 Å². The number of carboxylic acids is 1. The molecule has 0 saturated carbocycles. The van der Waals surface area contributed by atoms with Gasteiger partial charge in [0.25, 0.3) is 0 Å². The summed E-state index contributed by atoms with van der Waals surface area (Å²) in [4.78, 5) is 76.2. The second kappa shape index (κ2) is 28.9. The lowest BCUT2D eigenvalue weighted by Gasteiger charge is -2.34. The normalized spacial score (nSPS) is 13.9. The Hall–Kier alpha value is -4.19. The molecule has 12 heteroatoms. The Labute approximate surface area is 400 Å². The third-order valence-electron chi connectivity index (χ3n) is 12.2. The maximum Gasteiger partial charge on any atom is 0.329 e. The molecule has 0 radical (unpaired) electrons. The Morgan fingerprint density at radius 1 is 0.652 bits per heavy atom. The highest BCUT2D eigenvalue weighted by atomic mass is 32.2. The summed E-state index contributed by atoms with van der Waals surface area (Å²) in [5, 5.41) is 15.9. The van der Waals surface area contributed by atoms with Gasteiger partial charge in [-0.15, -0.1) is 0 Å².